The summed E-state index contributed by atoms with van der Waals surface area (Å²) in [5, 5.41) is 24.1. The molecule has 0 aliphatic rings. The summed E-state index contributed by atoms with van der Waals surface area (Å²) in [5.41, 5.74) is 1.84. The molecule has 9 heteroatoms. The summed E-state index contributed by atoms with van der Waals surface area (Å²) in [4.78, 5) is 10.4. The molecule has 0 unspecified atom stereocenters. The first-order valence-corrected chi connectivity index (χ1v) is 7.20. The second-order valence-electron chi connectivity index (χ2n) is 3.71. The van der Waals surface area contributed by atoms with Gasteiger partial charge in [0.1, 0.15) is 5.76 Å². The maximum Gasteiger partial charge on any atom is 0.313 e. The summed E-state index contributed by atoms with van der Waals surface area (Å²) in [6.45, 7) is 4.28. The van der Waals surface area contributed by atoms with Crippen LogP contribution in [0.3, 0.4) is 0 Å². The van der Waals surface area contributed by atoms with Gasteiger partial charge < -0.3 is 14.9 Å². The highest BCUT2D eigenvalue weighted by molar-refractivity contribution is 8.01. The fraction of sp³-hybridized carbons (Fsp3) is 0.400. The number of carboxylic acid groups (broad SMARTS) is 1. The molecule has 19 heavy (non-hydrogen) atoms. The number of thioether (sulfide) groups is 1. The summed E-state index contributed by atoms with van der Waals surface area (Å²) in [6.07, 6.45) is 0. The van der Waals surface area contributed by atoms with E-state index in [-0.39, 0.29) is 5.75 Å². The molecule has 0 aliphatic carbocycles. The molecular weight excluding hydrogens is 288 g/mol. The summed E-state index contributed by atoms with van der Waals surface area (Å²) in [6, 6.07) is 0. The Morgan fingerprint density at radius 2 is 2.26 bits per heavy atom. The fourth-order valence-electron chi connectivity index (χ4n) is 1.38. The van der Waals surface area contributed by atoms with E-state index in [1.807, 2.05) is 13.8 Å². The van der Waals surface area contributed by atoms with Crippen molar-refractivity contribution in [3.8, 4) is 0 Å². The topological polar surface area (TPSA) is 101 Å². The number of rotatable bonds is 6. The Hall–Kier alpha value is -1.61. The zero-order valence-corrected chi connectivity index (χ0v) is 12.0. The lowest BCUT2D eigenvalue weighted by atomic mass is 10.2. The van der Waals surface area contributed by atoms with E-state index in [4.69, 9.17) is 9.63 Å². The van der Waals surface area contributed by atoms with Gasteiger partial charge in [0.2, 0.25) is 5.13 Å². The SMILES string of the molecule is Cc1noc(C)c1CNc1nnc(SCC(=O)O)s1. The number of nitrogens with one attached hydrogen (secondary N) is 1. The molecule has 7 nitrogen and oxygen atoms in total. The van der Waals surface area contributed by atoms with Gasteiger partial charge in [-0.15, -0.1) is 10.2 Å². The fourth-order valence-corrected chi connectivity index (χ4v) is 2.85. The van der Waals surface area contributed by atoms with Crippen LogP contribution in [-0.2, 0) is 11.3 Å². The maximum absolute atomic E-state index is 10.4. The molecule has 2 heterocycles. The van der Waals surface area contributed by atoms with E-state index >= 15 is 0 Å². The number of anilines is 1. The second-order valence-corrected chi connectivity index (χ2v) is 5.91. The van der Waals surface area contributed by atoms with Crippen molar-refractivity contribution >= 4 is 34.2 Å². The lowest BCUT2D eigenvalue weighted by molar-refractivity contribution is -0.133. The van der Waals surface area contributed by atoms with Crippen molar-refractivity contribution in [3.63, 3.8) is 0 Å². The maximum atomic E-state index is 10.4. The molecule has 0 bridgehead atoms. The largest absolute Gasteiger partial charge is 0.481 e. The number of hydrogen-bond acceptors (Lipinski definition) is 8. The summed E-state index contributed by atoms with van der Waals surface area (Å²) < 4.78 is 5.69. The molecule has 0 radical (unpaired) electrons. The third-order valence-electron chi connectivity index (χ3n) is 2.32. The molecule has 0 saturated carbocycles. The van der Waals surface area contributed by atoms with Gasteiger partial charge >= 0.3 is 5.97 Å². The minimum atomic E-state index is -0.870. The van der Waals surface area contributed by atoms with Crippen LogP contribution in [0.15, 0.2) is 8.86 Å². The van der Waals surface area contributed by atoms with Crippen molar-refractivity contribution in [2.75, 3.05) is 11.1 Å². The molecular formula is C10H12N4O3S2. The Labute approximate surface area is 117 Å². The Kier molecular flexibility index (Phi) is 4.38. The minimum absolute atomic E-state index is 0.0154. The highest BCUT2D eigenvalue weighted by Gasteiger charge is 2.11. The van der Waals surface area contributed by atoms with Crippen molar-refractivity contribution in [2.45, 2.75) is 24.7 Å². The molecule has 2 N–H and O–H groups in total. The quantitative estimate of drug-likeness (QED) is 0.780. The standard InChI is InChI=1S/C10H12N4O3S2/c1-5-7(6(2)17-14-5)3-11-9-12-13-10(19-9)18-4-8(15)16/h3-4H2,1-2H3,(H,11,12)(H,15,16). The first-order chi connectivity index (χ1) is 9.06. The highest BCUT2D eigenvalue weighted by atomic mass is 32.2. The number of carboxylic acids is 1. The van der Waals surface area contributed by atoms with Crippen molar-refractivity contribution in [1.29, 1.82) is 0 Å². The minimum Gasteiger partial charge on any atom is -0.481 e. The molecule has 0 aliphatic heterocycles. The molecule has 0 atom stereocenters. The van der Waals surface area contributed by atoms with Crippen LogP contribution in [0.5, 0.6) is 0 Å². The predicted molar refractivity (Wildman–Crippen MR) is 71.6 cm³/mol. The van der Waals surface area contributed by atoms with Crippen LogP contribution in [-0.4, -0.2) is 32.2 Å². The normalized spacial score (nSPS) is 10.6. The number of aliphatic carboxylic acids is 1. The molecule has 0 saturated heterocycles. The van der Waals surface area contributed by atoms with Crippen LogP contribution < -0.4 is 5.32 Å². The van der Waals surface area contributed by atoms with E-state index in [1.165, 1.54) is 11.3 Å². The average molecular weight is 300 g/mol. The van der Waals surface area contributed by atoms with Gasteiger partial charge in [0.05, 0.1) is 11.4 Å². The summed E-state index contributed by atoms with van der Waals surface area (Å²) in [5.74, 6) is -0.112. The van der Waals surface area contributed by atoms with Crippen molar-refractivity contribution < 1.29 is 14.4 Å². The lowest BCUT2D eigenvalue weighted by Gasteiger charge is -2.00. The molecule has 0 spiro atoms. The highest BCUT2D eigenvalue weighted by Crippen LogP contribution is 2.26. The average Bonchev–Trinajstić information content (AvgIpc) is 2.93. The number of aromatic nitrogens is 3. The van der Waals surface area contributed by atoms with E-state index in [0.29, 0.717) is 16.0 Å². The molecule has 2 aromatic heterocycles. The number of nitrogens with zero attached hydrogens (tertiary/aromatic N) is 3. The summed E-state index contributed by atoms with van der Waals surface area (Å²) in [7, 11) is 0. The van der Waals surface area contributed by atoms with Gasteiger partial charge in [0, 0.05) is 12.1 Å². The van der Waals surface area contributed by atoms with Gasteiger partial charge in [-0.3, -0.25) is 4.79 Å². The summed E-state index contributed by atoms with van der Waals surface area (Å²) >= 11 is 2.48. The number of aryl methyl sites for hydroxylation is 2. The molecule has 102 valence electrons. The van der Waals surface area contributed by atoms with Gasteiger partial charge in [-0.2, -0.15) is 0 Å². The van der Waals surface area contributed by atoms with Crippen molar-refractivity contribution in [2.24, 2.45) is 0 Å². The molecule has 2 aromatic rings. The molecule has 0 aromatic carbocycles. The van der Waals surface area contributed by atoms with Gasteiger partial charge in [-0.05, 0) is 13.8 Å². The van der Waals surface area contributed by atoms with E-state index in [0.717, 1.165) is 28.8 Å². The van der Waals surface area contributed by atoms with Gasteiger partial charge in [0.15, 0.2) is 4.34 Å². The van der Waals surface area contributed by atoms with E-state index in [1.54, 1.807) is 0 Å². The Morgan fingerprint density at radius 1 is 1.47 bits per heavy atom. The van der Waals surface area contributed by atoms with Gasteiger partial charge in [-0.25, -0.2) is 0 Å². The van der Waals surface area contributed by atoms with E-state index < -0.39 is 5.97 Å². The van der Waals surface area contributed by atoms with Gasteiger partial charge in [-0.1, -0.05) is 28.3 Å². The third kappa shape index (κ3) is 3.67. The Morgan fingerprint density at radius 3 is 2.89 bits per heavy atom. The Bertz CT molecular complexity index is 562. The zero-order chi connectivity index (χ0) is 13.8. The number of carbonyl (C=O) groups is 1. The molecule has 0 amide bonds. The predicted octanol–water partition coefficient (Wildman–Crippen LogP) is 1.93. The van der Waals surface area contributed by atoms with E-state index in [2.05, 4.69) is 20.7 Å². The van der Waals surface area contributed by atoms with E-state index in [9.17, 15) is 4.79 Å². The smallest absolute Gasteiger partial charge is 0.313 e. The van der Waals surface area contributed by atoms with Crippen LogP contribution in [0, 0.1) is 13.8 Å². The molecule has 2 rings (SSSR count). The van der Waals surface area contributed by atoms with Crippen LogP contribution in [0.2, 0.25) is 0 Å². The monoisotopic (exact) mass is 300 g/mol. The van der Waals surface area contributed by atoms with Crippen molar-refractivity contribution in [1.82, 2.24) is 15.4 Å². The van der Waals surface area contributed by atoms with Crippen LogP contribution >= 0.6 is 23.1 Å². The van der Waals surface area contributed by atoms with Crippen LogP contribution in [0.25, 0.3) is 0 Å². The van der Waals surface area contributed by atoms with Crippen molar-refractivity contribution in [3.05, 3.63) is 17.0 Å². The number of hydrogen-bond donors (Lipinski definition) is 2. The Balaban J connectivity index is 1.92. The lowest BCUT2D eigenvalue weighted by Crippen LogP contribution is -2.00. The van der Waals surface area contributed by atoms with Crippen LogP contribution in [0.1, 0.15) is 17.0 Å². The van der Waals surface area contributed by atoms with Crippen LogP contribution in [0.4, 0.5) is 5.13 Å². The first-order valence-electron chi connectivity index (χ1n) is 5.40. The third-order valence-corrected chi connectivity index (χ3v) is 4.32. The first kappa shape index (κ1) is 13.8. The zero-order valence-electron chi connectivity index (χ0n) is 10.3. The second kappa shape index (κ2) is 6.02. The molecule has 0 fully saturated rings. The van der Waals surface area contributed by atoms with Gasteiger partial charge in [0.25, 0.3) is 0 Å².